The number of piperidine rings is 1. The fourth-order valence-electron chi connectivity index (χ4n) is 3.79. The molecule has 1 aliphatic heterocycles. The monoisotopic (exact) mass is 462 g/mol. The third kappa shape index (κ3) is 6.18. The van der Waals surface area contributed by atoms with Gasteiger partial charge in [0.05, 0.1) is 42.1 Å². The van der Waals surface area contributed by atoms with Crippen molar-refractivity contribution in [3.63, 3.8) is 0 Å². The van der Waals surface area contributed by atoms with Crippen molar-refractivity contribution in [2.75, 3.05) is 51.9 Å². The van der Waals surface area contributed by atoms with Crippen LogP contribution in [0.3, 0.4) is 0 Å². The number of carbonyl (C=O) groups is 1. The quantitative estimate of drug-likeness (QED) is 0.388. The molecule has 1 aliphatic rings. The van der Waals surface area contributed by atoms with Gasteiger partial charge in [-0.25, -0.2) is 0 Å². The van der Waals surface area contributed by atoms with Gasteiger partial charge in [-0.2, -0.15) is 0 Å². The van der Waals surface area contributed by atoms with E-state index in [4.69, 9.17) is 37.3 Å². The summed E-state index contributed by atoms with van der Waals surface area (Å²) in [6.45, 7) is 3.09. The number of ether oxygens (including phenoxy) is 3. The van der Waals surface area contributed by atoms with E-state index < -0.39 is 0 Å². The number of hydrogen-bond acceptors (Lipinski definition) is 7. The molecule has 0 aliphatic carbocycles. The molecule has 32 heavy (non-hydrogen) atoms. The number of likely N-dealkylation sites (tertiary alicyclic amines) is 1. The molecule has 174 valence electrons. The summed E-state index contributed by atoms with van der Waals surface area (Å²) >= 11 is 6.10. The molecule has 0 saturated carbocycles. The summed E-state index contributed by atoms with van der Waals surface area (Å²) in [4.78, 5) is 15.2. The average Bonchev–Trinajstić information content (AvgIpc) is 2.80. The Bertz CT molecular complexity index is 910. The highest BCUT2D eigenvalue weighted by atomic mass is 35.5. The molecule has 0 bridgehead atoms. The van der Waals surface area contributed by atoms with E-state index in [1.807, 2.05) is 24.3 Å². The van der Waals surface area contributed by atoms with Crippen molar-refractivity contribution in [1.82, 2.24) is 10.2 Å². The first-order valence-corrected chi connectivity index (χ1v) is 11.0. The van der Waals surface area contributed by atoms with Gasteiger partial charge < -0.3 is 35.9 Å². The van der Waals surface area contributed by atoms with Gasteiger partial charge in [-0.3, -0.25) is 4.79 Å². The molecule has 5 N–H and O–H groups in total. The first kappa shape index (κ1) is 24.0. The normalized spacial score (nSPS) is 18.8. The molecule has 3 rings (SSSR count). The number of amides is 1. The number of hydrogen-bond donors (Lipinski definition) is 3. The Morgan fingerprint density at radius 1 is 1.22 bits per heavy atom. The van der Waals surface area contributed by atoms with E-state index in [9.17, 15) is 4.79 Å². The second-order valence-corrected chi connectivity index (χ2v) is 8.20. The number of rotatable bonds is 9. The first-order chi connectivity index (χ1) is 15.4. The summed E-state index contributed by atoms with van der Waals surface area (Å²) in [6.07, 6.45) is 1.54. The Morgan fingerprint density at radius 3 is 2.66 bits per heavy atom. The Labute approximate surface area is 193 Å². The minimum absolute atomic E-state index is 0.115. The molecule has 8 nitrogen and oxygen atoms in total. The van der Waals surface area contributed by atoms with Crippen LogP contribution in [0, 0.1) is 0 Å². The Hall–Kier alpha value is -2.68. The van der Waals surface area contributed by atoms with Crippen LogP contribution in [0.4, 0.5) is 11.4 Å². The number of nitrogens with zero attached hydrogens (tertiary/aromatic N) is 1. The maximum atomic E-state index is 12.9. The minimum Gasteiger partial charge on any atom is -0.496 e. The Kier molecular flexibility index (Phi) is 8.44. The van der Waals surface area contributed by atoms with E-state index in [0.29, 0.717) is 28.6 Å². The lowest BCUT2D eigenvalue weighted by Crippen LogP contribution is -2.55. The van der Waals surface area contributed by atoms with Crippen molar-refractivity contribution in [3.8, 4) is 11.5 Å². The van der Waals surface area contributed by atoms with Crippen LogP contribution >= 0.6 is 11.6 Å². The number of nitrogen functional groups attached to an aromatic ring is 2. The van der Waals surface area contributed by atoms with Crippen molar-refractivity contribution in [1.29, 1.82) is 0 Å². The number of anilines is 2. The summed E-state index contributed by atoms with van der Waals surface area (Å²) in [5.74, 6) is 0.937. The van der Waals surface area contributed by atoms with Crippen molar-refractivity contribution < 1.29 is 19.0 Å². The van der Waals surface area contributed by atoms with Crippen LogP contribution in [0.2, 0.25) is 5.02 Å². The molecule has 1 saturated heterocycles. The molecule has 0 radical (unpaired) electrons. The van der Waals surface area contributed by atoms with Gasteiger partial charge in [0.1, 0.15) is 11.5 Å². The lowest BCUT2D eigenvalue weighted by Gasteiger charge is -2.38. The third-order valence-electron chi connectivity index (χ3n) is 5.59. The van der Waals surface area contributed by atoms with Crippen LogP contribution in [0.5, 0.6) is 11.5 Å². The number of halogens is 1. The summed E-state index contributed by atoms with van der Waals surface area (Å²) in [7, 11) is 3.16. The Morgan fingerprint density at radius 2 is 1.97 bits per heavy atom. The first-order valence-electron chi connectivity index (χ1n) is 10.6. The molecule has 0 unspecified atom stereocenters. The molecule has 0 aromatic heterocycles. The SMILES string of the molecule is COc1cc(N)c(Cl)cc1C(=O)N[C@@H]1CCN(CCCOc2ccc(N)cc2)C[C@@H]1OC. The van der Waals surface area contributed by atoms with Crippen molar-refractivity contribution >= 4 is 28.9 Å². The van der Waals surface area contributed by atoms with Gasteiger partial charge in [-0.15, -0.1) is 0 Å². The molecule has 0 spiro atoms. The predicted octanol–water partition coefficient (Wildman–Crippen LogP) is 2.80. The van der Waals surface area contributed by atoms with Gasteiger partial charge in [-0.1, -0.05) is 11.6 Å². The largest absolute Gasteiger partial charge is 0.496 e. The summed E-state index contributed by atoms with van der Waals surface area (Å²) in [6, 6.07) is 10.4. The van der Waals surface area contributed by atoms with E-state index in [2.05, 4.69) is 10.2 Å². The van der Waals surface area contributed by atoms with Crippen LogP contribution in [-0.4, -0.2) is 63.4 Å². The topological polar surface area (TPSA) is 112 Å². The molecule has 1 heterocycles. The summed E-state index contributed by atoms with van der Waals surface area (Å²) in [5, 5.41) is 3.38. The smallest absolute Gasteiger partial charge is 0.255 e. The minimum atomic E-state index is -0.263. The fraction of sp³-hybridized carbons (Fsp3) is 0.435. The number of carbonyl (C=O) groups excluding carboxylic acids is 1. The van der Waals surface area contributed by atoms with E-state index in [-0.39, 0.29) is 18.1 Å². The Balaban J connectivity index is 1.49. The zero-order valence-electron chi connectivity index (χ0n) is 18.5. The van der Waals surface area contributed by atoms with E-state index in [0.717, 1.165) is 43.9 Å². The van der Waals surface area contributed by atoms with Gasteiger partial charge in [-0.05, 0) is 43.2 Å². The molecule has 1 amide bonds. The second-order valence-electron chi connectivity index (χ2n) is 7.79. The lowest BCUT2D eigenvalue weighted by molar-refractivity contribution is 0.00527. The van der Waals surface area contributed by atoms with Gasteiger partial charge in [0.2, 0.25) is 0 Å². The van der Waals surface area contributed by atoms with Crippen LogP contribution in [0.15, 0.2) is 36.4 Å². The summed E-state index contributed by atoms with van der Waals surface area (Å²) < 4.78 is 16.7. The van der Waals surface area contributed by atoms with E-state index >= 15 is 0 Å². The van der Waals surface area contributed by atoms with Gasteiger partial charge in [0, 0.05) is 38.5 Å². The van der Waals surface area contributed by atoms with E-state index in [1.54, 1.807) is 13.2 Å². The lowest BCUT2D eigenvalue weighted by atomic mass is 10.0. The van der Waals surface area contributed by atoms with Crippen LogP contribution in [0.1, 0.15) is 23.2 Å². The molecule has 2 atom stereocenters. The zero-order valence-corrected chi connectivity index (χ0v) is 19.2. The van der Waals surface area contributed by atoms with Crippen LogP contribution in [-0.2, 0) is 4.74 Å². The van der Waals surface area contributed by atoms with Crippen LogP contribution in [0.25, 0.3) is 0 Å². The number of nitrogens with one attached hydrogen (secondary N) is 1. The number of benzene rings is 2. The molecule has 2 aromatic carbocycles. The second kappa shape index (κ2) is 11.3. The van der Waals surface area contributed by atoms with Crippen molar-refractivity contribution in [3.05, 3.63) is 47.0 Å². The fourth-order valence-corrected chi connectivity index (χ4v) is 3.96. The standard InChI is InChI=1S/C23H31ClN4O4/c1-30-21-13-19(26)18(24)12-17(21)23(29)27-20-8-10-28(14-22(20)31-2)9-3-11-32-16-6-4-15(25)5-7-16/h4-7,12-13,20,22H,3,8-11,14,25-26H2,1-2H3,(H,27,29)/t20-,22+/m1/s1. The zero-order chi connectivity index (χ0) is 23.1. The van der Waals surface area contributed by atoms with Crippen LogP contribution < -0.4 is 26.3 Å². The predicted molar refractivity (Wildman–Crippen MR) is 126 cm³/mol. The van der Waals surface area contributed by atoms with Gasteiger partial charge >= 0.3 is 0 Å². The highest BCUT2D eigenvalue weighted by molar-refractivity contribution is 6.33. The van der Waals surface area contributed by atoms with Crippen molar-refractivity contribution in [2.24, 2.45) is 0 Å². The summed E-state index contributed by atoms with van der Waals surface area (Å²) in [5.41, 5.74) is 12.9. The molecular weight excluding hydrogens is 432 g/mol. The molecule has 9 heteroatoms. The molecule has 2 aromatic rings. The van der Waals surface area contributed by atoms with Crippen molar-refractivity contribution in [2.45, 2.75) is 25.0 Å². The maximum absolute atomic E-state index is 12.9. The third-order valence-corrected chi connectivity index (χ3v) is 5.92. The highest BCUT2D eigenvalue weighted by Crippen LogP contribution is 2.29. The molecular formula is C23H31ClN4O4. The highest BCUT2D eigenvalue weighted by Gasteiger charge is 2.31. The van der Waals surface area contributed by atoms with Gasteiger partial charge in [0.15, 0.2) is 0 Å². The average molecular weight is 463 g/mol. The number of nitrogens with two attached hydrogens (primary N) is 2. The van der Waals surface area contributed by atoms with Gasteiger partial charge in [0.25, 0.3) is 5.91 Å². The maximum Gasteiger partial charge on any atom is 0.255 e. The molecule has 1 fully saturated rings. The van der Waals surface area contributed by atoms with E-state index in [1.165, 1.54) is 13.2 Å². The number of methoxy groups -OCH3 is 2.